The van der Waals surface area contributed by atoms with E-state index in [9.17, 15) is 13.2 Å². The molecule has 0 aliphatic carbocycles. The molecule has 0 saturated carbocycles. The van der Waals surface area contributed by atoms with Crippen LogP contribution in [-0.2, 0) is 14.8 Å². The van der Waals surface area contributed by atoms with Gasteiger partial charge in [-0.3, -0.25) is 4.79 Å². The number of sulfonamides is 1. The fourth-order valence-electron chi connectivity index (χ4n) is 3.20. The molecule has 29 heavy (non-hydrogen) atoms. The van der Waals surface area contributed by atoms with Gasteiger partial charge in [0.2, 0.25) is 10.0 Å². The number of hydrogen-bond acceptors (Lipinski definition) is 5. The highest BCUT2D eigenvalue weighted by atomic mass is 32.2. The summed E-state index contributed by atoms with van der Waals surface area (Å²) >= 11 is 0. The topological polar surface area (TPSA) is 99.5 Å². The van der Waals surface area contributed by atoms with E-state index >= 15 is 0 Å². The summed E-state index contributed by atoms with van der Waals surface area (Å²) in [7, 11) is -3.59. The fourth-order valence-corrected chi connectivity index (χ4v) is 4.97. The molecule has 0 radical (unpaired) electrons. The number of benzene rings is 2. The molecule has 0 unspecified atom stereocenters. The van der Waals surface area contributed by atoms with Crippen molar-refractivity contribution in [3.8, 4) is 11.8 Å². The Bertz CT molecular complexity index is 1040. The maximum atomic E-state index is 13.0. The van der Waals surface area contributed by atoms with Crippen molar-refractivity contribution in [1.29, 1.82) is 5.26 Å². The van der Waals surface area contributed by atoms with E-state index in [1.807, 2.05) is 6.07 Å². The van der Waals surface area contributed by atoms with Gasteiger partial charge in [-0.15, -0.1) is 0 Å². The van der Waals surface area contributed by atoms with Gasteiger partial charge in [-0.25, -0.2) is 8.42 Å². The molecular weight excluding hydrogens is 390 g/mol. The standard InChI is InChI=1S/C21H23N3O4S/c1-16-8-9-18(13-20(16)29(26,27)24-10-3-2-4-11-24)23-21(25)15-28-19-7-5-6-17(12-19)14-22/h5-9,12-13H,2-4,10-11,15H2,1H3,(H,23,25). The third-order valence-electron chi connectivity index (χ3n) is 4.74. The summed E-state index contributed by atoms with van der Waals surface area (Å²) in [6.07, 6.45) is 2.76. The summed E-state index contributed by atoms with van der Waals surface area (Å²) in [5, 5.41) is 11.6. The number of nitrogens with one attached hydrogen (secondary N) is 1. The van der Waals surface area contributed by atoms with Crippen molar-refractivity contribution in [2.45, 2.75) is 31.1 Å². The van der Waals surface area contributed by atoms with Gasteiger partial charge in [0.15, 0.2) is 6.61 Å². The Kier molecular flexibility index (Phi) is 6.52. The molecular formula is C21H23N3O4S. The van der Waals surface area contributed by atoms with Gasteiger partial charge in [0.25, 0.3) is 5.91 Å². The van der Waals surface area contributed by atoms with E-state index in [1.165, 1.54) is 10.4 Å². The molecule has 1 amide bonds. The Labute approximate surface area is 171 Å². The van der Waals surface area contributed by atoms with Gasteiger partial charge < -0.3 is 10.1 Å². The second-order valence-corrected chi connectivity index (χ2v) is 8.83. The van der Waals surface area contributed by atoms with Crippen molar-refractivity contribution < 1.29 is 17.9 Å². The smallest absolute Gasteiger partial charge is 0.262 e. The molecule has 1 heterocycles. The minimum absolute atomic E-state index is 0.208. The van der Waals surface area contributed by atoms with Crippen LogP contribution in [0.2, 0.25) is 0 Å². The molecule has 0 aromatic heterocycles. The average Bonchev–Trinajstić information content (AvgIpc) is 2.74. The monoisotopic (exact) mass is 413 g/mol. The van der Waals surface area contributed by atoms with Gasteiger partial charge in [0, 0.05) is 18.8 Å². The molecule has 1 aliphatic heterocycles. The van der Waals surface area contributed by atoms with Gasteiger partial charge in [-0.2, -0.15) is 9.57 Å². The number of ether oxygens (including phenoxy) is 1. The first-order valence-corrected chi connectivity index (χ1v) is 10.9. The maximum absolute atomic E-state index is 13.0. The first-order valence-electron chi connectivity index (χ1n) is 9.44. The predicted octanol–water partition coefficient (Wildman–Crippen LogP) is 3.06. The van der Waals surface area contributed by atoms with E-state index in [2.05, 4.69) is 5.32 Å². The normalized spacial score (nSPS) is 14.8. The SMILES string of the molecule is Cc1ccc(NC(=O)COc2cccc(C#N)c2)cc1S(=O)(=O)N1CCCCC1. The van der Waals surface area contributed by atoms with Gasteiger partial charge in [-0.1, -0.05) is 18.6 Å². The zero-order valence-electron chi connectivity index (χ0n) is 16.2. The largest absolute Gasteiger partial charge is 0.484 e. The van der Waals surface area contributed by atoms with E-state index < -0.39 is 15.9 Å². The number of amides is 1. The van der Waals surface area contributed by atoms with Crippen LogP contribution in [0.25, 0.3) is 0 Å². The molecule has 2 aromatic rings. The lowest BCUT2D eigenvalue weighted by Gasteiger charge is -2.26. The number of piperidine rings is 1. The van der Waals surface area contributed by atoms with Crippen LogP contribution >= 0.6 is 0 Å². The third-order valence-corrected chi connectivity index (χ3v) is 6.78. The van der Waals surface area contributed by atoms with Crippen LogP contribution in [0.1, 0.15) is 30.4 Å². The Morgan fingerprint density at radius 2 is 1.93 bits per heavy atom. The molecule has 1 aliphatic rings. The van der Waals surface area contributed by atoms with E-state index in [4.69, 9.17) is 10.00 Å². The highest BCUT2D eigenvalue weighted by Gasteiger charge is 2.27. The first kappa shape index (κ1) is 20.8. The fraction of sp³-hybridized carbons (Fsp3) is 0.333. The van der Waals surface area contributed by atoms with Gasteiger partial charge >= 0.3 is 0 Å². The van der Waals surface area contributed by atoms with Crippen molar-refractivity contribution in [3.05, 3.63) is 53.6 Å². The van der Waals surface area contributed by atoms with Crippen molar-refractivity contribution in [1.82, 2.24) is 4.31 Å². The molecule has 7 nitrogen and oxygen atoms in total. The lowest BCUT2D eigenvalue weighted by molar-refractivity contribution is -0.118. The highest BCUT2D eigenvalue weighted by molar-refractivity contribution is 7.89. The van der Waals surface area contributed by atoms with Crippen LogP contribution in [0.4, 0.5) is 5.69 Å². The molecule has 2 aromatic carbocycles. The van der Waals surface area contributed by atoms with Crippen LogP contribution in [0.3, 0.4) is 0 Å². The van der Waals surface area contributed by atoms with Crippen LogP contribution in [0, 0.1) is 18.3 Å². The van der Waals surface area contributed by atoms with E-state index in [0.717, 1.165) is 19.3 Å². The zero-order chi connectivity index (χ0) is 20.9. The Morgan fingerprint density at radius 1 is 1.17 bits per heavy atom. The van der Waals surface area contributed by atoms with E-state index in [1.54, 1.807) is 43.3 Å². The summed E-state index contributed by atoms with van der Waals surface area (Å²) in [6, 6.07) is 13.4. The quantitative estimate of drug-likeness (QED) is 0.785. The molecule has 1 fully saturated rings. The molecule has 0 spiro atoms. The first-order chi connectivity index (χ1) is 13.9. The molecule has 0 bridgehead atoms. The van der Waals surface area contributed by atoms with Crippen LogP contribution < -0.4 is 10.1 Å². The summed E-state index contributed by atoms with van der Waals surface area (Å²) in [4.78, 5) is 12.4. The van der Waals surface area contributed by atoms with Crippen molar-refractivity contribution in [2.24, 2.45) is 0 Å². The van der Waals surface area contributed by atoms with E-state index in [-0.39, 0.29) is 11.5 Å². The van der Waals surface area contributed by atoms with Crippen LogP contribution in [-0.4, -0.2) is 38.3 Å². The number of carbonyl (C=O) groups is 1. The zero-order valence-corrected chi connectivity index (χ0v) is 17.0. The number of nitrogens with zero attached hydrogens (tertiary/aromatic N) is 2. The van der Waals surface area contributed by atoms with Gasteiger partial charge in [0.1, 0.15) is 5.75 Å². The van der Waals surface area contributed by atoms with Gasteiger partial charge in [0.05, 0.1) is 16.5 Å². The Hall–Kier alpha value is -2.89. The number of rotatable bonds is 6. The average molecular weight is 413 g/mol. The number of hydrogen-bond donors (Lipinski definition) is 1. The van der Waals surface area contributed by atoms with Crippen molar-refractivity contribution >= 4 is 21.6 Å². The molecule has 8 heteroatoms. The molecule has 3 rings (SSSR count). The molecule has 1 saturated heterocycles. The predicted molar refractivity (Wildman–Crippen MR) is 109 cm³/mol. The van der Waals surface area contributed by atoms with Crippen molar-refractivity contribution in [3.63, 3.8) is 0 Å². The van der Waals surface area contributed by atoms with E-state index in [0.29, 0.717) is 35.7 Å². The number of anilines is 1. The van der Waals surface area contributed by atoms with Crippen molar-refractivity contribution in [2.75, 3.05) is 25.0 Å². The molecule has 152 valence electrons. The summed E-state index contributed by atoms with van der Waals surface area (Å²) < 4.78 is 32.9. The third kappa shape index (κ3) is 5.13. The second kappa shape index (κ2) is 9.07. The summed E-state index contributed by atoms with van der Waals surface area (Å²) in [5.41, 5.74) is 1.47. The number of aryl methyl sites for hydroxylation is 1. The van der Waals surface area contributed by atoms with Crippen LogP contribution in [0.5, 0.6) is 5.75 Å². The summed E-state index contributed by atoms with van der Waals surface area (Å²) in [6.45, 7) is 2.53. The minimum Gasteiger partial charge on any atom is -0.484 e. The molecule has 0 atom stereocenters. The summed E-state index contributed by atoms with van der Waals surface area (Å²) in [5.74, 6) is -0.00555. The lowest BCUT2D eigenvalue weighted by Crippen LogP contribution is -2.36. The number of carbonyl (C=O) groups excluding carboxylic acids is 1. The maximum Gasteiger partial charge on any atom is 0.262 e. The van der Waals surface area contributed by atoms with Gasteiger partial charge in [-0.05, 0) is 55.7 Å². The number of nitriles is 1. The molecule has 1 N–H and O–H groups in total. The Balaban J connectivity index is 1.69. The van der Waals surface area contributed by atoms with Crippen LogP contribution in [0.15, 0.2) is 47.4 Å². The Morgan fingerprint density at radius 3 is 2.66 bits per heavy atom. The highest BCUT2D eigenvalue weighted by Crippen LogP contribution is 2.26. The minimum atomic E-state index is -3.59. The lowest BCUT2D eigenvalue weighted by atomic mass is 10.2. The second-order valence-electron chi connectivity index (χ2n) is 6.92.